The molecule has 1 rings (SSSR count). The molecule has 1 saturated heterocycles. The highest BCUT2D eigenvalue weighted by Crippen LogP contribution is 2.11. The van der Waals surface area contributed by atoms with Crippen LogP contribution in [0.2, 0.25) is 0 Å². The Morgan fingerprint density at radius 2 is 2.25 bits per heavy atom. The van der Waals surface area contributed by atoms with Crippen molar-refractivity contribution in [3.05, 3.63) is 5.92 Å². The van der Waals surface area contributed by atoms with Gasteiger partial charge in [0.15, 0.2) is 0 Å². The normalized spacial score (nSPS) is 32.8. The van der Waals surface area contributed by atoms with E-state index in [1.807, 2.05) is 0 Å². The van der Waals surface area contributed by atoms with Gasteiger partial charge in [-0.1, -0.05) is 13.8 Å². The first kappa shape index (κ1) is 9.96. The van der Waals surface area contributed by atoms with Crippen LogP contribution in [0.1, 0.15) is 20.3 Å². The van der Waals surface area contributed by atoms with E-state index in [2.05, 4.69) is 18.7 Å². The molecule has 1 radical (unpaired) electrons. The lowest BCUT2D eigenvalue weighted by molar-refractivity contribution is 0.0559. The van der Waals surface area contributed by atoms with Crippen LogP contribution < -0.4 is 5.73 Å². The van der Waals surface area contributed by atoms with Crippen LogP contribution in [-0.2, 0) is 0 Å². The first-order valence-corrected chi connectivity index (χ1v) is 4.54. The predicted molar refractivity (Wildman–Crippen MR) is 49.6 cm³/mol. The second kappa shape index (κ2) is 4.21. The maximum absolute atomic E-state index is 9.49. The third-order valence-electron chi connectivity index (χ3n) is 2.26. The van der Waals surface area contributed by atoms with Gasteiger partial charge < -0.3 is 15.7 Å². The maximum atomic E-state index is 9.49. The van der Waals surface area contributed by atoms with Crippen LogP contribution in [0.5, 0.6) is 0 Å². The predicted octanol–water partition coefficient (Wildman–Crippen LogP) is -0.00541. The molecule has 0 saturated carbocycles. The largest absolute Gasteiger partial charge is 0.390 e. The third kappa shape index (κ3) is 2.73. The number of likely N-dealkylation sites (tertiary alicyclic amines) is 1. The Kier molecular flexibility index (Phi) is 3.50. The summed E-state index contributed by atoms with van der Waals surface area (Å²) in [7, 11) is 0. The third-order valence-corrected chi connectivity index (χ3v) is 2.26. The topological polar surface area (TPSA) is 49.5 Å². The average Bonchev–Trinajstić information content (AvgIpc) is 1.96. The monoisotopic (exact) mass is 171 g/mol. The number of rotatable bonds is 2. The molecule has 3 N–H and O–H groups in total. The van der Waals surface area contributed by atoms with Gasteiger partial charge in [-0.25, -0.2) is 0 Å². The smallest absolute Gasteiger partial charge is 0.0818 e. The molecule has 3 nitrogen and oxygen atoms in total. The molecule has 0 amide bonds. The number of aliphatic hydroxyl groups excluding tert-OH is 1. The fourth-order valence-corrected chi connectivity index (χ4v) is 1.61. The van der Waals surface area contributed by atoms with Crippen molar-refractivity contribution in [3.63, 3.8) is 0 Å². The van der Waals surface area contributed by atoms with Crippen molar-refractivity contribution in [2.45, 2.75) is 32.4 Å². The van der Waals surface area contributed by atoms with Crippen LogP contribution in [0.4, 0.5) is 0 Å². The highest BCUT2D eigenvalue weighted by Gasteiger charge is 2.24. The molecular formula is C9H19N2O. The number of β-amino-alcohol motifs (C(OH)–C–C–N with tert-alkyl or cyclic N) is 1. The Balaban J connectivity index is 2.30. The summed E-state index contributed by atoms with van der Waals surface area (Å²) in [5.41, 5.74) is 5.69. The van der Waals surface area contributed by atoms with E-state index in [-0.39, 0.29) is 12.1 Å². The summed E-state index contributed by atoms with van der Waals surface area (Å²) in [6.07, 6.45) is 0.576. The summed E-state index contributed by atoms with van der Waals surface area (Å²) in [6, 6.07) is -0.0154. The van der Waals surface area contributed by atoms with E-state index in [1.165, 1.54) is 5.92 Å². The van der Waals surface area contributed by atoms with E-state index >= 15 is 0 Å². The van der Waals surface area contributed by atoms with Crippen molar-refractivity contribution >= 4 is 0 Å². The molecule has 0 aliphatic carbocycles. The second-order valence-corrected chi connectivity index (χ2v) is 3.96. The van der Waals surface area contributed by atoms with Crippen molar-refractivity contribution in [2.75, 3.05) is 19.6 Å². The molecule has 1 aliphatic heterocycles. The lowest BCUT2D eigenvalue weighted by Crippen LogP contribution is -2.51. The Hall–Kier alpha value is -0.120. The van der Waals surface area contributed by atoms with Gasteiger partial charge in [-0.2, -0.15) is 0 Å². The van der Waals surface area contributed by atoms with Gasteiger partial charge >= 0.3 is 0 Å². The quantitative estimate of drug-likeness (QED) is 0.614. The Labute approximate surface area is 74.5 Å². The van der Waals surface area contributed by atoms with Crippen LogP contribution in [0.25, 0.3) is 0 Å². The molecule has 0 aromatic rings. The van der Waals surface area contributed by atoms with Gasteiger partial charge in [0.1, 0.15) is 0 Å². The van der Waals surface area contributed by atoms with E-state index < -0.39 is 0 Å². The standard InChI is InChI=1S/C9H19N2O/c1-7(2)5-11-4-3-8(10)9(12)6-11/h8-9,12H,3-6,10H2,1-2H3. The van der Waals surface area contributed by atoms with E-state index in [1.54, 1.807) is 0 Å². The zero-order chi connectivity index (χ0) is 9.14. The van der Waals surface area contributed by atoms with E-state index in [9.17, 15) is 5.11 Å². The lowest BCUT2D eigenvalue weighted by Gasteiger charge is -2.34. The first-order valence-electron chi connectivity index (χ1n) is 4.54. The first-order chi connectivity index (χ1) is 5.59. The van der Waals surface area contributed by atoms with Gasteiger partial charge in [0.05, 0.1) is 6.10 Å². The lowest BCUT2D eigenvalue weighted by atomic mass is 10.0. The van der Waals surface area contributed by atoms with Crippen molar-refractivity contribution in [3.8, 4) is 0 Å². The molecule has 1 aliphatic rings. The summed E-state index contributed by atoms with van der Waals surface area (Å²) < 4.78 is 0. The Morgan fingerprint density at radius 1 is 1.58 bits per heavy atom. The minimum Gasteiger partial charge on any atom is -0.390 e. The molecule has 2 unspecified atom stereocenters. The number of nitrogens with two attached hydrogens (primary N) is 1. The van der Waals surface area contributed by atoms with Crippen molar-refractivity contribution in [1.82, 2.24) is 4.90 Å². The highest BCUT2D eigenvalue weighted by molar-refractivity contribution is 4.88. The number of hydrogen-bond acceptors (Lipinski definition) is 3. The summed E-state index contributed by atoms with van der Waals surface area (Å²) in [6.45, 7) is 6.96. The minimum absolute atomic E-state index is 0.0154. The molecule has 1 fully saturated rings. The SMILES string of the molecule is C[C](C)CN1CCC(N)C(O)C1. The molecule has 71 valence electrons. The second-order valence-electron chi connectivity index (χ2n) is 3.96. The molecular weight excluding hydrogens is 152 g/mol. The molecule has 2 atom stereocenters. The Bertz CT molecular complexity index is 138. The van der Waals surface area contributed by atoms with Gasteiger partial charge in [-0.05, 0) is 18.9 Å². The van der Waals surface area contributed by atoms with Gasteiger partial charge in [0.2, 0.25) is 0 Å². The van der Waals surface area contributed by atoms with Crippen LogP contribution in [0, 0.1) is 5.92 Å². The fourth-order valence-electron chi connectivity index (χ4n) is 1.61. The summed E-state index contributed by atoms with van der Waals surface area (Å²) >= 11 is 0. The van der Waals surface area contributed by atoms with E-state index in [0.717, 1.165) is 26.1 Å². The van der Waals surface area contributed by atoms with Gasteiger partial charge in [-0.3, -0.25) is 0 Å². The molecule has 0 aromatic heterocycles. The molecule has 0 spiro atoms. The summed E-state index contributed by atoms with van der Waals surface area (Å²) in [5.74, 6) is 1.39. The van der Waals surface area contributed by atoms with Crippen molar-refractivity contribution in [1.29, 1.82) is 0 Å². The van der Waals surface area contributed by atoms with Gasteiger partial charge in [0.25, 0.3) is 0 Å². The van der Waals surface area contributed by atoms with Crippen LogP contribution in [0.15, 0.2) is 0 Å². The number of nitrogens with zero attached hydrogens (tertiary/aromatic N) is 1. The number of hydrogen-bond donors (Lipinski definition) is 2. The van der Waals surface area contributed by atoms with Crippen LogP contribution >= 0.6 is 0 Å². The van der Waals surface area contributed by atoms with Crippen LogP contribution in [0.3, 0.4) is 0 Å². The Morgan fingerprint density at radius 3 is 2.75 bits per heavy atom. The van der Waals surface area contributed by atoms with Gasteiger partial charge in [-0.15, -0.1) is 0 Å². The average molecular weight is 171 g/mol. The number of piperidine rings is 1. The molecule has 12 heavy (non-hydrogen) atoms. The fraction of sp³-hybridized carbons (Fsp3) is 0.889. The number of aliphatic hydroxyl groups is 1. The van der Waals surface area contributed by atoms with E-state index in [4.69, 9.17) is 5.73 Å². The molecule has 1 heterocycles. The van der Waals surface area contributed by atoms with Crippen LogP contribution in [-0.4, -0.2) is 41.8 Å². The molecule has 0 bridgehead atoms. The highest BCUT2D eigenvalue weighted by atomic mass is 16.3. The van der Waals surface area contributed by atoms with Crippen molar-refractivity contribution in [2.24, 2.45) is 5.73 Å². The minimum atomic E-state index is -0.335. The van der Waals surface area contributed by atoms with Gasteiger partial charge in [0, 0.05) is 19.1 Å². The van der Waals surface area contributed by atoms with E-state index in [0.29, 0.717) is 0 Å². The van der Waals surface area contributed by atoms with Crippen molar-refractivity contribution < 1.29 is 5.11 Å². The molecule has 0 aromatic carbocycles. The summed E-state index contributed by atoms with van der Waals surface area (Å²) in [4.78, 5) is 2.25. The summed E-state index contributed by atoms with van der Waals surface area (Å²) in [5, 5.41) is 9.49. The maximum Gasteiger partial charge on any atom is 0.0818 e. The zero-order valence-corrected chi connectivity index (χ0v) is 7.95. The molecule has 3 heteroatoms. The zero-order valence-electron chi connectivity index (χ0n) is 7.95.